The number of rotatable bonds is 4. The Morgan fingerprint density at radius 1 is 1.08 bits per heavy atom. The van der Waals surface area contributed by atoms with Gasteiger partial charge in [-0.3, -0.25) is 4.79 Å². The van der Waals surface area contributed by atoms with Gasteiger partial charge < -0.3 is 10.1 Å². The highest BCUT2D eigenvalue weighted by molar-refractivity contribution is 7.91. The Kier molecular flexibility index (Phi) is 9.83. The minimum atomic E-state index is -3.66. The highest BCUT2D eigenvalue weighted by Crippen LogP contribution is 2.40. The summed E-state index contributed by atoms with van der Waals surface area (Å²) in [6.07, 6.45) is 3.55. The molecule has 1 aliphatic rings. The minimum Gasteiger partial charge on any atom is -0.481 e. The molecule has 2 aromatic heterocycles. The van der Waals surface area contributed by atoms with Gasteiger partial charge in [0.2, 0.25) is 0 Å². The van der Waals surface area contributed by atoms with Gasteiger partial charge in [0.1, 0.15) is 11.6 Å². The van der Waals surface area contributed by atoms with Gasteiger partial charge in [0, 0.05) is 29.0 Å². The number of hydrogen-bond donors (Lipinski definition) is 2. The van der Waals surface area contributed by atoms with Crippen molar-refractivity contribution in [2.45, 2.75) is 75.0 Å². The number of nitrogens with zero attached hydrogens (tertiary/aromatic N) is 3. The van der Waals surface area contributed by atoms with Crippen molar-refractivity contribution in [3.05, 3.63) is 94.9 Å². The van der Waals surface area contributed by atoms with E-state index in [2.05, 4.69) is 4.98 Å². The fourth-order valence-corrected chi connectivity index (χ4v) is 10.5. The molecule has 0 spiro atoms. The number of carboxylic acids is 1. The zero-order valence-corrected chi connectivity index (χ0v) is 30.9. The summed E-state index contributed by atoms with van der Waals surface area (Å²) in [6, 6.07) is 14.5. The number of halogens is 2. The Balaban J connectivity index is 1.53. The number of carbonyl (C=O) groups is 1. The summed E-state index contributed by atoms with van der Waals surface area (Å²) in [7, 11) is -4.16. The minimum absolute atomic E-state index is 0.0305. The van der Waals surface area contributed by atoms with Crippen molar-refractivity contribution in [1.82, 2.24) is 19.7 Å². The molecule has 0 amide bonds. The van der Waals surface area contributed by atoms with E-state index in [1.54, 1.807) is 26.2 Å². The number of nitrogens with one attached hydrogen (secondary N) is 1. The summed E-state index contributed by atoms with van der Waals surface area (Å²) < 4.78 is 74.6. The van der Waals surface area contributed by atoms with Gasteiger partial charge in [-0.1, -0.05) is 51.5 Å². The van der Waals surface area contributed by atoms with Crippen molar-refractivity contribution in [2.24, 2.45) is 18.4 Å². The lowest BCUT2D eigenvalue weighted by Crippen LogP contribution is -2.29. The summed E-state index contributed by atoms with van der Waals surface area (Å²) in [5, 5.41) is 14.9. The number of aromatic nitrogens is 4. The average molecular weight is 737 g/mol. The quantitative estimate of drug-likeness (QED) is 0.200. The molecule has 51 heavy (non-hydrogen) atoms. The van der Waals surface area contributed by atoms with E-state index in [-0.39, 0.29) is 39.1 Å². The van der Waals surface area contributed by atoms with Crippen LogP contribution in [0.25, 0.3) is 22.3 Å². The van der Waals surface area contributed by atoms with Crippen LogP contribution in [-0.2, 0) is 50.7 Å². The molecule has 0 radical (unpaired) electrons. The molecule has 270 valence electrons. The molecule has 0 aliphatic carbocycles. The number of carboxylic acid groups (broad SMARTS) is 1. The monoisotopic (exact) mass is 736 g/mol. The molecule has 1 unspecified atom stereocenters. The number of aliphatic carboxylic acids is 1. The van der Waals surface area contributed by atoms with E-state index in [9.17, 15) is 22.5 Å². The van der Waals surface area contributed by atoms with Crippen LogP contribution in [0.3, 0.4) is 0 Å². The molecule has 3 heterocycles. The maximum absolute atomic E-state index is 15.9. The van der Waals surface area contributed by atoms with Gasteiger partial charge in [0.15, 0.2) is 21.5 Å². The lowest BCUT2D eigenvalue weighted by Gasteiger charge is -2.31. The van der Waals surface area contributed by atoms with Gasteiger partial charge in [-0.25, -0.2) is 31.1 Å². The van der Waals surface area contributed by atoms with Crippen LogP contribution < -0.4 is 0 Å². The summed E-state index contributed by atoms with van der Waals surface area (Å²) in [4.78, 5) is 19.5. The SMILES string of the molecule is C[C@H](Cc1cccc([C@@]2(C)CCCC(C)(C)CS(=O)(=O)CCc3c(c(F)cc4[nH]ccc34)S(=O)c3ccc(F)c(c3)-c3nc2nn3C)c1)C(=O)O. The number of aromatic amines is 1. The summed E-state index contributed by atoms with van der Waals surface area (Å²) in [6.45, 7) is 7.46. The van der Waals surface area contributed by atoms with E-state index < -0.39 is 55.0 Å². The van der Waals surface area contributed by atoms with Gasteiger partial charge in [0.25, 0.3) is 0 Å². The van der Waals surface area contributed by atoms with Crippen molar-refractivity contribution >= 4 is 37.5 Å². The molecule has 3 aromatic carbocycles. The Bertz CT molecular complexity index is 2280. The van der Waals surface area contributed by atoms with E-state index in [0.717, 1.165) is 11.1 Å². The highest BCUT2D eigenvalue weighted by Gasteiger charge is 2.36. The first-order chi connectivity index (χ1) is 24.0. The number of sulfone groups is 1. The standard InChI is InChI=1S/C38H42F2N4O5S2/c1-23(35(45)46)18-24-8-6-9-25(19-24)38(4)15-7-14-37(2,3)22-51(48,49)17-13-28-27-12-16-41-32(27)21-31(40)33(28)50(47)26-10-11-30(39)29(20-26)34-42-36(38)43-44(34)5/h6,8-12,16,19-21,23,41H,7,13-15,17-18,22H2,1-5H3,(H,45,46)/t23-,38-,50?/m1/s1. The van der Waals surface area contributed by atoms with E-state index in [1.165, 1.54) is 28.9 Å². The topological polar surface area (TPSA) is 135 Å². The first-order valence-corrected chi connectivity index (χ1v) is 19.9. The predicted molar refractivity (Wildman–Crippen MR) is 193 cm³/mol. The Labute approximate surface area is 298 Å². The second kappa shape index (κ2) is 13.7. The van der Waals surface area contributed by atoms with E-state index in [0.29, 0.717) is 48.0 Å². The highest BCUT2D eigenvalue weighted by atomic mass is 32.2. The molecule has 1 aliphatic heterocycles. The number of H-pyrrole nitrogens is 1. The molecule has 6 rings (SSSR count). The van der Waals surface area contributed by atoms with Crippen LogP contribution in [-0.4, -0.2) is 55.0 Å². The van der Waals surface area contributed by atoms with Crippen LogP contribution in [0.2, 0.25) is 0 Å². The number of hydrogen-bond acceptors (Lipinski definition) is 6. The van der Waals surface area contributed by atoms with Crippen molar-refractivity contribution in [1.29, 1.82) is 0 Å². The molecule has 2 N–H and O–H groups in total. The Morgan fingerprint density at radius 2 is 1.84 bits per heavy atom. The van der Waals surface area contributed by atoms with Crippen molar-refractivity contribution in [2.75, 3.05) is 11.5 Å². The lowest BCUT2D eigenvalue weighted by molar-refractivity contribution is -0.141. The molecule has 3 atom stereocenters. The molecule has 0 saturated heterocycles. The van der Waals surface area contributed by atoms with Gasteiger partial charge in [-0.2, -0.15) is 5.10 Å². The van der Waals surface area contributed by atoms with Gasteiger partial charge in [-0.15, -0.1) is 0 Å². The molecule has 9 nitrogen and oxygen atoms in total. The molecule has 13 heteroatoms. The Morgan fingerprint density at radius 3 is 2.59 bits per heavy atom. The van der Waals surface area contributed by atoms with Gasteiger partial charge >= 0.3 is 5.97 Å². The molecule has 0 fully saturated rings. The first-order valence-electron chi connectivity index (χ1n) is 16.9. The summed E-state index contributed by atoms with van der Waals surface area (Å²) in [5.41, 5.74) is 1.03. The molecular weight excluding hydrogens is 695 g/mol. The second-order valence-corrected chi connectivity index (χ2v) is 18.3. The third-order valence-corrected chi connectivity index (χ3v) is 13.6. The van der Waals surface area contributed by atoms with Gasteiger partial charge in [0.05, 0.1) is 44.1 Å². The normalized spacial score (nSPS) is 21.4. The summed E-state index contributed by atoms with van der Waals surface area (Å²) in [5.74, 6) is -2.67. The first kappa shape index (κ1) is 36.6. The maximum Gasteiger partial charge on any atom is 0.306 e. The number of benzene rings is 3. The zero-order chi connectivity index (χ0) is 36.9. The number of fused-ring (bicyclic) bond motifs is 8. The fraction of sp³-hybridized carbons (Fsp3) is 0.395. The lowest BCUT2D eigenvalue weighted by atomic mass is 9.75. The van der Waals surface area contributed by atoms with Crippen LogP contribution in [0, 0.1) is 23.0 Å². The fourth-order valence-electron chi connectivity index (χ4n) is 7.22. The molecular formula is C38H42F2N4O5S2. The van der Waals surface area contributed by atoms with Crippen molar-refractivity contribution in [3.8, 4) is 11.4 Å². The van der Waals surface area contributed by atoms with Crippen LogP contribution in [0.15, 0.2) is 70.6 Å². The van der Waals surface area contributed by atoms with Crippen molar-refractivity contribution < 1.29 is 31.3 Å². The molecule has 5 aromatic rings. The van der Waals surface area contributed by atoms with Crippen LogP contribution in [0.4, 0.5) is 8.78 Å². The zero-order valence-electron chi connectivity index (χ0n) is 29.3. The van der Waals surface area contributed by atoms with E-state index >= 15 is 8.78 Å². The van der Waals surface area contributed by atoms with E-state index in [1.807, 2.05) is 45.0 Å². The molecule has 4 bridgehead atoms. The van der Waals surface area contributed by atoms with Crippen LogP contribution in [0.5, 0.6) is 0 Å². The summed E-state index contributed by atoms with van der Waals surface area (Å²) >= 11 is 0. The molecule has 0 saturated carbocycles. The smallest absolute Gasteiger partial charge is 0.306 e. The third kappa shape index (κ3) is 7.41. The third-order valence-electron chi connectivity index (χ3n) is 10.0. The maximum atomic E-state index is 15.9. The average Bonchev–Trinajstić information content (AvgIpc) is 3.69. The second-order valence-electron chi connectivity index (χ2n) is 14.7. The predicted octanol–water partition coefficient (Wildman–Crippen LogP) is 7.14. The number of aryl methyl sites for hydroxylation is 2. The van der Waals surface area contributed by atoms with Gasteiger partial charge in [-0.05, 0) is 85.0 Å². The van der Waals surface area contributed by atoms with Crippen molar-refractivity contribution in [3.63, 3.8) is 0 Å². The Hall–Kier alpha value is -4.23. The van der Waals surface area contributed by atoms with E-state index in [4.69, 9.17) is 10.1 Å². The largest absolute Gasteiger partial charge is 0.481 e. The van der Waals surface area contributed by atoms with Crippen LogP contribution >= 0.6 is 0 Å². The van der Waals surface area contributed by atoms with Crippen LogP contribution in [0.1, 0.15) is 69.5 Å².